The molecule has 3 aromatic rings. The molecule has 142 valence electrons. The summed E-state index contributed by atoms with van der Waals surface area (Å²) in [7, 11) is 0. The van der Waals surface area contributed by atoms with Crippen LogP contribution in [0.4, 0.5) is 5.82 Å². The second-order valence-electron chi connectivity index (χ2n) is 7.62. The number of aromatic nitrogens is 4. The summed E-state index contributed by atoms with van der Waals surface area (Å²) < 4.78 is 7.80. The van der Waals surface area contributed by atoms with E-state index in [2.05, 4.69) is 58.4 Å². The molecule has 3 heterocycles. The van der Waals surface area contributed by atoms with Gasteiger partial charge in [0.05, 0.1) is 19.0 Å². The number of fused-ring (bicyclic) bond motifs is 1. The molecule has 1 aliphatic rings. The van der Waals surface area contributed by atoms with Crippen molar-refractivity contribution in [1.82, 2.24) is 19.5 Å². The Balaban J connectivity index is 1.55. The molecule has 0 amide bonds. The molecule has 2 N–H and O–H groups in total. The van der Waals surface area contributed by atoms with Crippen LogP contribution in [0.15, 0.2) is 43.0 Å². The number of anilines is 1. The number of rotatable bonds is 6. The minimum Gasteiger partial charge on any atom is -0.394 e. The third-order valence-corrected chi connectivity index (χ3v) is 5.21. The summed E-state index contributed by atoms with van der Waals surface area (Å²) in [5.74, 6) is 0.722. The van der Waals surface area contributed by atoms with Crippen molar-refractivity contribution in [2.75, 3.05) is 18.5 Å². The number of nitrogens with one attached hydrogen (secondary N) is 1. The number of imidazole rings is 1. The molecule has 27 heavy (non-hydrogen) atoms. The highest BCUT2D eigenvalue weighted by atomic mass is 16.5. The summed E-state index contributed by atoms with van der Waals surface area (Å²) in [5.41, 5.74) is 2.69. The van der Waals surface area contributed by atoms with E-state index in [1.165, 1.54) is 5.56 Å². The van der Waals surface area contributed by atoms with Crippen molar-refractivity contribution in [2.24, 2.45) is 0 Å². The van der Waals surface area contributed by atoms with Gasteiger partial charge in [-0.1, -0.05) is 44.2 Å². The second kappa shape index (κ2) is 7.25. The van der Waals surface area contributed by atoms with Gasteiger partial charge in [0, 0.05) is 12.0 Å². The van der Waals surface area contributed by atoms with Crippen LogP contribution in [0.1, 0.15) is 38.5 Å². The lowest BCUT2D eigenvalue weighted by Crippen LogP contribution is -2.28. The monoisotopic (exact) mass is 367 g/mol. The van der Waals surface area contributed by atoms with E-state index in [-0.39, 0.29) is 24.4 Å². The molecule has 1 aliphatic heterocycles. The zero-order valence-electron chi connectivity index (χ0n) is 15.7. The van der Waals surface area contributed by atoms with Crippen LogP contribution in [0, 0.1) is 0 Å². The molecule has 0 spiro atoms. The van der Waals surface area contributed by atoms with Crippen LogP contribution in [0.5, 0.6) is 0 Å². The Morgan fingerprint density at radius 1 is 1.19 bits per heavy atom. The van der Waals surface area contributed by atoms with Crippen LogP contribution in [0.25, 0.3) is 11.2 Å². The molecule has 4 rings (SSSR count). The smallest absolute Gasteiger partial charge is 0.167 e. The number of aliphatic hydroxyl groups excluding tert-OH is 1. The van der Waals surface area contributed by atoms with Crippen molar-refractivity contribution in [1.29, 1.82) is 0 Å². The SMILES string of the molecule is CC(C)(CNc1ncnc2c1ncn2C1CCC(CO)O1)c1ccccc1. The van der Waals surface area contributed by atoms with E-state index in [0.29, 0.717) is 0 Å². The molecule has 1 aromatic carbocycles. The summed E-state index contributed by atoms with van der Waals surface area (Å²) in [6.07, 6.45) is 4.72. The Labute approximate surface area is 158 Å². The Morgan fingerprint density at radius 3 is 2.74 bits per heavy atom. The number of nitrogens with zero attached hydrogens (tertiary/aromatic N) is 4. The summed E-state index contributed by atoms with van der Waals surface area (Å²) >= 11 is 0. The van der Waals surface area contributed by atoms with E-state index in [0.717, 1.165) is 36.4 Å². The quantitative estimate of drug-likeness (QED) is 0.697. The lowest BCUT2D eigenvalue weighted by atomic mass is 9.84. The maximum absolute atomic E-state index is 9.29. The highest BCUT2D eigenvalue weighted by Crippen LogP contribution is 2.31. The van der Waals surface area contributed by atoms with Crippen LogP contribution in [0.3, 0.4) is 0 Å². The third kappa shape index (κ3) is 3.52. The normalized spacial score (nSPS) is 20.3. The molecule has 0 aliphatic carbocycles. The first kappa shape index (κ1) is 17.9. The van der Waals surface area contributed by atoms with E-state index in [9.17, 15) is 5.11 Å². The second-order valence-corrected chi connectivity index (χ2v) is 7.62. The van der Waals surface area contributed by atoms with Crippen molar-refractivity contribution in [3.63, 3.8) is 0 Å². The third-order valence-electron chi connectivity index (χ3n) is 5.21. The molecule has 2 unspecified atom stereocenters. The molecular weight excluding hydrogens is 342 g/mol. The van der Waals surface area contributed by atoms with Gasteiger partial charge >= 0.3 is 0 Å². The molecular formula is C20H25N5O2. The predicted molar refractivity (Wildman–Crippen MR) is 104 cm³/mol. The molecule has 1 saturated heterocycles. The fourth-order valence-electron chi connectivity index (χ4n) is 3.51. The topological polar surface area (TPSA) is 85.1 Å². The molecule has 0 saturated carbocycles. The van der Waals surface area contributed by atoms with E-state index >= 15 is 0 Å². The maximum atomic E-state index is 9.29. The zero-order valence-corrected chi connectivity index (χ0v) is 15.7. The summed E-state index contributed by atoms with van der Waals surface area (Å²) in [5, 5.41) is 12.7. The van der Waals surface area contributed by atoms with Crippen LogP contribution >= 0.6 is 0 Å². The molecule has 0 bridgehead atoms. The van der Waals surface area contributed by atoms with Crippen LogP contribution in [-0.2, 0) is 10.2 Å². The van der Waals surface area contributed by atoms with Crippen molar-refractivity contribution in [2.45, 2.75) is 44.4 Å². The molecule has 7 heteroatoms. The highest BCUT2D eigenvalue weighted by Gasteiger charge is 2.28. The number of hydrogen-bond donors (Lipinski definition) is 2. The van der Waals surface area contributed by atoms with Gasteiger partial charge in [-0.2, -0.15) is 0 Å². The number of aliphatic hydroxyl groups is 1. The van der Waals surface area contributed by atoms with Crippen molar-refractivity contribution >= 4 is 17.0 Å². The molecule has 0 radical (unpaired) electrons. The summed E-state index contributed by atoms with van der Waals surface area (Å²) in [6, 6.07) is 10.4. The van der Waals surface area contributed by atoms with Gasteiger partial charge in [0.2, 0.25) is 0 Å². The summed E-state index contributed by atoms with van der Waals surface area (Å²) in [6.45, 7) is 5.17. The van der Waals surface area contributed by atoms with Gasteiger partial charge in [-0.25, -0.2) is 15.0 Å². The number of ether oxygens (including phenoxy) is 1. The van der Waals surface area contributed by atoms with Gasteiger partial charge in [0.15, 0.2) is 17.0 Å². The molecule has 2 atom stereocenters. The minimum atomic E-state index is -0.143. The maximum Gasteiger partial charge on any atom is 0.167 e. The Kier molecular flexibility index (Phi) is 4.80. The Morgan fingerprint density at radius 2 is 2.00 bits per heavy atom. The van der Waals surface area contributed by atoms with E-state index in [1.807, 2.05) is 10.6 Å². The van der Waals surface area contributed by atoms with E-state index in [1.54, 1.807) is 12.7 Å². The predicted octanol–water partition coefficient (Wildman–Crippen LogP) is 2.89. The first-order chi connectivity index (χ1) is 13.1. The van der Waals surface area contributed by atoms with Gasteiger partial charge in [-0.3, -0.25) is 4.57 Å². The van der Waals surface area contributed by atoms with Gasteiger partial charge in [-0.05, 0) is 18.4 Å². The van der Waals surface area contributed by atoms with Crippen LogP contribution < -0.4 is 5.32 Å². The molecule has 2 aromatic heterocycles. The largest absolute Gasteiger partial charge is 0.394 e. The lowest BCUT2D eigenvalue weighted by Gasteiger charge is -2.26. The van der Waals surface area contributed by atoms with Gasteiger partial charge in [-0.15, -0.1) is 0 Å². The van der Waals surface area contributed by atoms with E-state index in [4.69, 9.17) is 4.74 Å². The zero-order chi connectivity index (χ0) is 18.9. The first-order valence-corrected chi connectivity index (χ1v) is 9.32. The fourth-order valence-corrected chi connectivity index (χ4v) is 3.51. The molecule has 7 nitrogen and oxygen atoms in total. The average Bonchev–Trinajstić information content (AvgIpc) is 3.34. The van der Waals surface area contributed by atoms with Crippen LogP contribution in [0.2, 0.25) is 0 Å². The first-order valence-electron chi connectivity index (χ1n) is 9.32. The van der Waals surface area contributed by atoms with Crippen molar-refractivity contribution < 1.29 is 9.84 Å². The Bertz CT molecular complexity index is 909. The van der Waals surface area contributed by atoms with Gasteiger partial charge in [0.1, 0.15) is 12.6 Å². The Hall–Kier alpha value is -2.51. The lowest BCUT2D eigenvalue weighted by molar-refractivity contribution is -0.0207. The summed E-state index contributed by atoms with van der Waals surface area (Å²) in [4.78, 5) is 13.3. The fraction of sp³-hybridized carbons (Fsp3) is 0.450. The number of benzene rings is 1. The minimum absolute atomic E-state index is 0.0412. The molecule has 1 fully saturated rings. The highest BCUT2D eigenvalue weighted by molar-refractivity contribution is 5.82. The van der Waals surface area contributed by atoms with Gasteiger partial charge < -0.3 is 15.2 Å². The average molecular weight is 367 g/mol. The van der Waals surface area contributed by atoms with Gasteiger partial charge in [0.25, 0.3) is 0 Å². The van der Waals surface area contributed by atoms with Crippen LogP contribution in [-0.4, -0.2) is 43.9 Å². The standard InChI is InChI=1S/C20H25N5O2/c1-20(2,14-6-4-3-5-7-14)11-21-18-17-19(23-12-22-18)25(13-24-17)16-9-8-15(10-26)27-16/h3-7,12-13,15-16,26H,8-11H2,1-2H3,(H,21,22,23). The van der Waals surface area contributed by atoms with E-state index < -0.39 is 0 Å². The van der Waals surface area contributed by atoms with Crippen molar-refractivity contribution in [3.05, 3.63) is 48.5 Å². The number of hydrogen-bond acceptors (Lipinski definition) is 6. The van der Waals surface area contributed by atoms with Crippen molar-refractivity contribution in [3.8, 4) is 0 Å².